The van der Waals surface area contributed by atoms with Crippen LogP contribution in [0.15, 0.2) is 6.20 Å². The molecule has 24 heavy (non-hydrogen) atoms. The summed E-state index contributed by atoms with van der Waals surface area (Å²) in [5.41, 5.74) is 2.32. The van der Waals surface area contributed by atoms with E-state index in [-0.39, 0.29) is 29.3 Å². The summed E-state index contributed by atoms with van der Waals surface area (Å²) in [6.07, 6.45) is 3.06. The van der Waals surface area contributed by atoms with Gasteiger partial charge in [-0.05, 0) is 34.6 Å². The molecule has 0 bridgehead atoms. The summed E-state index contributed by atoms with van der Waals surface area (Å²) in [5.74, 6) is 0.0152. The molecule has 6 nitrogen and oxygen atoms in total. The van der Waals surface area contributed by atoms with Gasteiger partial charge >= 0.3 is 0 Å². The lowest BCUT2D eigenvalue weighted by Gasteiger charge is -2.31. The fourth-order valence-corrected chi connectivity index (χ4v) is 3.75. The van der Waals surface area contributed by atoms with Crippen molar-refractivity contribution in [3.8, 4) is 0 Å². The predicted molar refractivity (Wildman–Crippen MR) is 91.3 cm³/mol. The summed E-state index contributed by atoms with van der Waals surface area (Å²) < 4.78 is 2.07. The molecule has 1 saturated heterocycles. The first kappa shape index (κ1) is 17.0. The van der Waals surface area contributed by atoms with Crippen molar-refractivity contribution in [2.75, 3.05) is 13.1 Å². The topological polar surface area (TPSA) is 58.4 Å². The average molecular weight is 332 g/mol. The fourth-order valence-electron chi connectivity index (χ4n) is 3.75. The van der Waals surface area contributed by atoms with E-state index in [0.29, 0.717) is 26.1 Å². The van der Waals surface area contributed by atoms with E-state index in [9.17, 15) is 9.59 Å². The number of likely N-dealkylation sites (tertiary alicyclic amines) is 1. The first-order valence-corrected chi connectivity index (χ1v) is 8.83. The normalized spacial score (nSPS) is 21.6. The van der Waals surface area contributed by atoms with Crippen molar-refractivity contribution in [2.24, 2.45) is 5.92 Å². The van der Waals surface area contributed by atoms with Crippen molar-refractivity contribution in [2.45, 2.75) is 65.6 Å². The number of hydrogen-bond acceptors (Lipinski definition) is 3. The number of aromatic nitrogens is 2. The Morgan fingerprint density at radius 2 is 2.04 bits per heavy atom. The van der Waals surface area contributed by atoms with Gasteiger partial charge in [0.15, 0.2) is 0 Å². The van der Waals surface area contributed by atoms with Crippen molar-refractivity contribution in [3.63, 3.8) is 0 Å². The molecule has 1 aromatic rings. The second-order valence-electron chi connectivity index (χ2n) is 8.25. The Morgan fingerprint density at radius 3 is 2.62 bits per heavy atom. The minimum absolute atomic E-state index is 0.0462. The van der Waals surface area contributed by atoms with E-state index in [4.69, 9.17) is 0 Å². The van der Waals surface area contributed by atoms with E-state index in [1.165, 1.54) is 5.69 Å². The highest BCUT2D eigenvalue weighted by atomic mass is 16.2. The Kier molecular flexibility index (Phi) is 4.18. The zero-order valence-corrected chi connectivity index (χ0v) is 15.4. The molecule has 1 unspecified atom stereocenters. The Morgan fingerprint density at radius 1 is 1.33 bits per heavy atom. The lowest BCUT2D eigenvalue weighted by Crippen LogP contribution is -2.41. The van der Waals surface area contributed by atoms with Crippen LogP contribution in [0.2, 0.25) is 0 Å². The molecule has 1 aromatic heterocycles. The maximum atomic E-state index is 12.8. The highest BCUT2D eigenvalue weighted by Gasteiger charge is 2.38. The second kappa shape index (κ2) is 5.90. The number of amides is 2. The predicted octanol–water partition coefficient (Wildman–Crippen LogP) is 1.78. The van der Waals surface area contributed by atoms with Gasteiger partial charge in [0.25, 0.3) is 0 Å². The molecule has 132 valence electrons. The van der Waals surface area contributed by atoms with Gasteiger partial charge in [-0.15, -0.1) is 0 Å². The van der Waals surface area contributed by atoms with Gasteiger partial charge < -0.3 is 9.80 Å². The van der Waals surface area contributed by atoms with Gasteiger partial charge in [0.1, 0.15) is 0 Å². The molecular formula is C18H28N4O2. The minimum atomic E-state index is -0.195. The Balaban J connectivity index is 1.71. The van der Waals surface area contributed by atoms with Crippen LogP contribution in [-0.4, -0.2) is 50.5 Å². The summed E-state index contributed by atoms with van der Waals surface area (Å²) in [6, 6.07) is 0.160. The van der Waals surface area contributed by atoms with Crippen LogP contribution in [0.3, 0.4) is 0 Å². The number of carbonyl (C=O) groups excluding carboxylic acids is 2. The van der Waals surface area contributed by atoms with Crippen LogP contribution in [-0.2, 0) is 28.1 Å². The third-order valence-corrected chi connectivity index (χ3v) is 5.01. The van der Waals surface area contributed by atoms with Gasteiger partial charge in [0.05, 0.1) is 17.7 Å². The standard InChI is InChI=1S/C18H28N4O2/c1-12(2)21-11-13(8-16(21)23)17(24)20-7-6-15-14(10-20)9-19-22(15)18(3,4)5/h9,12-13H,6-8,10-11H2,1-5H3. The lowest BCUT2D eigenvalue weighted by molar-refractivity contribution is -0.136. The maximum absolute atomic E-state index is 12.8. The second-order valence-corrected chi connectivity index (χ2v) is 8.25. The third-order valence-electron chi connectivity index (χ3n) is 5.01. The first-order valence-electron chi connectivity index (χ1n) is 8.83. The monoisotopic (exact) mass is 332 g/mol. The van der Waals surface area contributed by atoms with Crippen LogP contribution in [0.1, 0.15) is 52.3 Å². The van der Waals surface area contributed by atoms with E-state index >= 15 is 0 Å². The molecule has 2 amide bonds. The van der Waals surface area contributed by atoms with Crippen LogP contribution >= 0.6 is 0 Å². The summed E-state index contributed by atoms with van der Waals surface area (Å²) >= 11 is 0. The van der Waals surface area contributed by atoms with Gasteiger partial charge in [0, 0.05) is 49.8 Å². The zero-order valence-electron chi connectivity index (χ0n) is 15.4. The largest absolute Gasteiger partial charge is 0.339 e. The third kappa shape index (κ3) is 2.94. The van der Waals surface area contributed by atoms with Gasteiger partial charge in [-0.2, -0.15) is 5.10 Å². The van der Waals surface area contributed by atoms with Gasteiger partial charge in [-0.1, -0.05) is 0 Å². The summed E-state index contributed by atoms with van der Waals surface area (Å²) in [5, 5.41) is 4.52. The quantitative estimate of drug-likeness (QED) is 0.829. The van der Waals surface area contributed by atoms with Crippen LogP contribution in [0, 0.1) is 5.92 Å². The molecule has 3 rings (SSSR count). The van der Waals surface area contributed by atoms with Crippen molar-refractivity contribution in [3.05, 3.63) is 17.5 Å². The SMILES string of the molecule is CC(C)N1CC(C(=O)N2CCc3c(cnn3C(C)(C)C)C2)CC1=O. The molecule has 2 aliphatic heterocycles. The highest BCUT2D eigenvalue weighted by molar-refractivity contribution is 5.89. The summed E-state index contributed by atoms with van der Waals surface area (Å²) in [7, 11) is 0. The average Bonchev–Trinajstić information content (AvgIpc) is 3.08. The molecule has 0 aliphatic carbocycles. The number of nitrogens with zero attached hydrogens (tertiary/aromatic N) is 4. The lowest BCUT2D eigenvalue weighted by atomic mass is 10.0. The summed E-state index contributed by atoms with van der Waals surface area (Å²) in [4.78, 5) is 28.6. The van der Waals surface area contributed by atoms with E-state index in [2.05, 4.69) is 30.6 Å². The van der Waals surface area contributed by atoms with E-state index in [1.54, 1.807) is 0 Å². The zero-order chi connectivity index (χ0) is 17.6. The van der Waals surface area contributed by atoms with Crippen LogP contribution in [0.5, 0.6) is 0 Å². The van der Waals surface area contributed by atoms with Crippen molar-refractivity contribution < 1.29 is 9.59 Å². The van der Waals surface area contributed by atoms with Gasteiger partial charge in [-0.3, -0.25) is 14.3 Å². The molecular weight excluding hydrogens is 304 g/mol. The first-order chi connectivity index (χ1) is 11.2. The van der Waals surface area contributed by atoms with Crippen molar-refractivity contribution in [1.82, 2.24) is 19.6 Å². The molecule has 1 fully saturated rings. The number of carbonyl (C=O) groups is 2. The van der Waals surface area contributed by atoms with Crippen molar-refractivity contribution in [1.29, 1.82) is 0 Å². The number of hydrogen-bond donors (Lipinski definition) is 0. The Labute approximate surface area is 143 Å². The molecule has 0 spiro atoms. The highest BCUT2D eigenvalue weighted by Crippen LogP contribution is 2.27. The Hall–Kier alpha value is -1.85. The molecule has 2 aliphatic rings. The molecule has 6 heteroatoms. The van der Waals surface area contributed by atoms with Crippen LogP contribution in [0.4, 0.5) is 0 Å². The smallest absolute Gasteiger partial charge is 0.228 e. The molecule has 3 heterocycles. The van der Waals surface area contributed by atoms with Crippen LogP contribution < -0.4 is 0 Å². The molecule has 0 saturated carbocycles. The van der Waals surface area contributed by atoms with E-state index in [0.717, 1.165) is 12.0 Å². The van der Waals surface area contributed by atoms with E-state index in [1.807, 2.05) is 29.8 Å². The molecule has 0 aromatic carbocycles. The van der Waals surface area contributed by atoms with Gasteiger partial charge in [-0.25, -0.2) is 0 Å². The Bertz CT molecular complexity index is 656. The van der Waals surface area contributed by atoms with Crippen molar-refractivity contribution >= 4 is 11.8 Å². The molecule has 0 N–H and O–H groups in total. The number of fused-ring (bicyclic) bond motifs is 1. The van der Waals surface area contributed by atoms with Gasteiger partial charge in [0.2, 0.25) is 11.8 Å². The van der Waals surface area contributed by atoms with Crippen LogP contribution in [0.25, 0.3) is 0 Å². The fraction of sp³-hybridized carbons (Fsp3) is 0.722. The molecule has 0 radical (unpaired) electrons. The minimum Gasteiger partial charge on any atom is -0.339 e. The summed E-state index contributed by atoms with van der Waals surface area (Å²) in [6.45, 7) is 12.3. The van der Waals surface area contributed by atoms with E-state index < -0.39 is 0 Å². The molecule has 1 atom stereocenters. The number of rotatable bonds is 2. The maximum Gasteiger partial charge on any atom is 0.228 e.